The second-order valence-electron chi connectivity index (χ2n) is 3.24. The third-order valence-corrected chi connectivity index (χ3v) is 1.89. The van der Waals surface area contributed by atoms with E-state index in [1.807, 2.05) is 0 Å². The van der Waals surface area contributed by atoms with Gasteiger partial charge >= 0.3 is 0 Å². The number of amides is 1. The zero-order valence-electron chi connectivity index (χ0n) is 7.21. The molecule has 0 aliphatic heterocycles. The molecule has 2 nitrogen and oxygen atoms in total. The van der Waals surface area contributed by atoms with Crippen LogP contribution in [0.3, 0.4) is 0 Å². The normalized spacial score (nSPS) is 13.5. The first-order valence-corrected chi connectivity index (χ1v) is 4.61. The van der Waals surface area contributed by atoms with E-state index in [1.165, 1.54) is 0 Å². The number of carbonyl (C=O) groups excluding carboxylic acids is 1. The van der Waals surface area contributed by atoms with Gasteiger partial charge in [0.05, 0.1) is 0 Å². The van der Waals surface area contributed by atoms with E-state index in [4.69, 9.17) is 5.73 Å². The first-order valence-electron chi connectivity index (χ1n) is 3.98. The number of nitrogens with two attached hydrogens (primary N) is 1. The molecule has 0 aromatic carbocycles. The molecule has 0 aromatic rings. The van der Waals surface area contributed by atoms with Crippen molar-refractivity contribution in [2.45, 2.75) is 26.7 Å². The van der Waals surface area contributed by atoms with Gasteiger partial charge in [0, 0.05) is 5.92 Å². The van der Waals surface area contributed by atoms with Gasteiger partial charge in [0.1, 0.15) is 0 Å². The highest BCUT2D eigenvalue weighted by Crippen LogP contribution is 2.15. The fourth-order valence-electron chi connectivity index (χ4n) is 1.10. The molecule has 3 heteroatoms. The van der Waals surface area contributed by atoms with Crippen LogP contribution in [0.2, 0.25) is 0 Å². The van der Waals surface area contributed by atoms with E-state index in [0.717, 1.165) is 18.6 Å². The van der Waals surface area contributed by atoms with Gasteiger partial charge in [-0.2, -0.15) is 12.6 Å². The Kier molecular flexibility index (Phi) is 5.38. The lowest BCUT2D eigenvalue weighted by Crippen LogP contribution is -2.24. The molecule has 0 rings (SSSR count). The zero-order chi connectivity index (χ0) is 8.85. The molecule has 1 unspecified atom stereocenters. The Morgan fingerprint density at radius 2 is 2.09 bits per heavy atom. The molecule has 1 amide bonds. The van der Waals surface area contributed by atoms with Crippen LogP contribution in [0.15, 0.2) is 0 Å². The van der Waals surface area contributed by atoms with E-state index in [1.54, 1.807) is 0 Å². The molecular weight excluding hydrogens is 158 g/mol. The summed E-state index contributed by atoms with van der Waals surface area (Å²) in [4.78, 5) is 10.8. The van der Waals surface area contributed by atoms with Crippen molar-refractivity contribution in [3.63, 3.8) is 0 Å². The van der Waals surface area contributed by atoms with Gasteiger partial charge in [-0.15, -0.1) is 0 Å². The lowest BCUT2D eigenvalue weighted by atomic mass is 9.94. The number of carbonyl (C=O) groups is 1. The maximum absolute atomic E-state index is 10.8. The van der Waals surface area contributed by atoms with E-state index in [-0.39, 0.29) is 11.8 Å². The number of thiol groups is 1. The van der Waals surface area contributed by atoms with E-state index < -0.39 is 0 Å². The minimum atomic E-state index is -0.187. The number of hydrogen-bond acceptors (Lipinski definition) is 2. The minimum Gasteiger partial charge on any atom is -0.369 e. The Labute approximate surface area is 74.0 Å². The molecule has 0 radical (unpaired) electrons. The van der Waals surface area contributed by atoms with Crippen LogP contribution < -0.4 is 5.73 Å². The second kappa shape index (κ2) is 5.47. The molecule has 0 fully saturated rings. The molecule has 0 spiro atoms. The van der Waals surface area contributed by atoms with Gasteiger partial charge in [0.15, 0.2) is 0 Å². The lowest BCUT2D eigenvalue weighted by molar-refractivity contribution is -0.122. The zero-order valence-corrected chi connectivity index (χ0v) is 8.10. The molecule has 0 aliphatic carbocycles. The largest absolute Gasteiger partial charge is 0.369 e. The third kappa shape index (κ3) is 5.13. The summed E-state index contributed by atoms with van der Waals surface area (Å²) >= 11 is 4.07. The van der Waals surface area contributed by atoms with E-state index in [2.05, 4.69) is 26.5 Å². The highest BCUT2D eigenvalue weighted by Gasteiger charge is 2.15. The van der Waals surface area contributed by atoms with Crippen LogP contribution in [0.25, 0.3) is 0 Å². The van der Waals surface area contributed by atoms with E-state index in [0.29, 0.717) is 5.92 Å². The van der Waals surface area contributed by atoms with Crippen LogP contribution in [0.5, 0.6) is 0 Å². The van der Waals surface area contributed by atoms with Crippen molar-refractivity contribution in [3.8, 4) is 0 Å². The molecule has 11 heavy (non-hydrogen) atoms. The molecule has 0 heterocycles. The smallest absolute Gasteiger partial charge is 0.220 e. The van der Waals surface area contributed by atoms with Gasteiger partial charge in [-0.3, -0.25) is 4.79 Å². The topological polar surface area (TPSA) is 43.1 Å². The van der Waals surface area contributed by atoms with Crippen molar-refractivity contribution in [2.75, 3.05) is 5.75 Å². The first-order chi connectivity index (χ1) is 5.07. The van der Waals surface area contributed by atoms with Crippen molar-refractivity contribution >= 4 is 18.5 Å². The van der Waals surface area contributed by atoms with Crippen molar-refractivity contribution in [2.24, 2.45) is 17.6 Å². The summed E-state index contributed by atoms with van der Waals surface area (Å²) in [5.74, 6) is 1.10. The number of hydrogen-bond donors (Lipinski definition) is 2. The molecule has 0 aliphatic rings. The molecule has 1 atom stereocenters. The van der Waals surface area contributed by atoms with E-state index in [9.17, 15) is 4.79 Å². The summed E-state index contributed by atoms with van der Waals surface area (Å²) in [6.07, 6.45) is 1.69. The molecule has 0 bridgehead atoms. The first kappa shape index (κ1) is 10.8. The standard InChI is InChI=1S/C8H17NOS/c1-6(2)5-7(3-4-11)8(9)10/h6-7,11H,3-5H2,1-2H3,(H2,9,10). The predicted molar refractivity (Wildman–Crippen MR) is 50.6 cm³/mol. The molecule has 0 saturated heterocycles. The van der Waals surface area contributed by atoms with E-state index >= 15 is 0 Å². The Morgan fingerprint density at radius 1 is 1.55 bits per heavy atom. The van der Waals surface area contributed by atoms with Crippen molar-refractivity contribution in [1.29, 1.82) is 0 Å². The third-order valence-electron chi connectivity index (χ3n) is 1.64. The quantitative estimate of drug-likeness (QED) is 0.610. The fourth-order valence-corrected chi connectivity index (χ4v) is 1.41. The Hall–Kier alpha value is -0.180. The van der Waals surface area contributed by atoms with Gasteiger partial charge in [0.2, 0.25) is 5.91 Å². The number of primary amides is 1. The molecule has 2 N–H and O–H groups in total. The highest BCUT2D eigenvalue weighted by molar-refractivity contribution is 7.80. The molecule has 0 saturated carbocycles. The number of rotatable bonds is 5. The summed E-state index contributed by atoms with van der Waals surface area (Å²) in [6.45, 7) is 4.18. The average Bonchev–Trinajstić information content (AvgIpc) is 1.86. The van der Waals surface area contributed by atoms with Crippen molar-refractivity contribution in [3.05, 3.63) is 0 Å². The van der Waals surface area contributed by atoms with Gasteiger partial charge in [-0.25, -0.2) is 0 Å². The second-order valence-corrected chi connectivity index (χ2v) is 3.69. The average molecular weight is 175 g/mol. The van der Waals surface area contributed by atoms with Gasteiger partial charge < -0.3 is 5.73 Å². The lowest BCUT2D eigenvalue weighted by Gasteiger charge is -2.13. The minimum absolute atomic E-state index is 0.0208. The Bertz CT molecular complexity index is 125. The van der Waals surface area contributed by atoms with Crippen LogP contribution in [0.4, 0.5) is 0 Å². The fraction of sp³-hybridized carbons (Fsp3) is 0.875. The van der Waals surface area contributed by atoms with Gasteiger partial charge in [-0.05, 0) is 24.5 Å². The van der Waals surface area contributed by atoms with Crippen LogP contribution in [-0.4, -0.2) is 11.7 Å². The summed E-state index contributed by atoms with van der Waals surface area (Å²) in [7, 11) is 0. The van der Waals surface area contributed by atoms with Crippen LogP contribution in [0, 0.1) is 11.8 Å². The predicted octanol–water partition coefficient (Wildman–Crippen LogP) is 1.45. The van der Waals surface area contributed by atoms with Crippen LogP contribution in [0.1, 0.15) is 26.7 Å². The maximum Gasteiger partial charge on any atom is 0.220 e. The summed E-state index contributed by atoms with van der Waals surface area (Å²) in [6, 6.07) is 0. The van der Waals surface area contributed by atoms with Crippen LogP contribution >= 0.6 is 12.6 Å². The summed E-state index contributed by atoms with van der Waals surface area (Å²) in [5, 5.41) is 0. The molecular formula is C8H17NOS. The monoisotopic (exact) mass is 175 g/mol. The highest BCUT2D eigenvalue weighted by atomic mass is 32.1. The maximum atomic E-state index is 10.8. The summed E-state index contributed by atoms with van der Waals surface area (Å²) < 4.78 is 0. The van der Waals surface area contributed by atoms with Crippen LogP contribution in [-0.2, 0) is 4.79 Å². The van der Waals surface area contributed by atoms with Gasteiger partial charge in [-0.1, -0.05) is 13.8 Å². The van der Waals surface area contributed by atoms with Crippen molar-refractivity contribution in [1.82, 2.24) is 0 Å². The van der Waals surface area contributed by atoms with Gasteiger partial charge in [0.25, 0.3) is 0 Å². The molecule has 0 aromatic heterocycles. The Balaban J connectivity index is 3.79. The molecule has 66 valence electrons. The van der Waals surface area contributed by atoms with Crippen molar-refractivity contribution < 1.29 is 4.79 Å². The Morgan fingerprint density at radius 3 is 2.36 bits per heavy atom. The summed E-state index contributed by atoms with van der Waals surface area (Å²) in [5.41, 5.74) is 5.20. The SMILES string of the molecule is CC(C)CC(CCS)C(N)=O.